The van der Waals surface area contributed by atoms with Gasteiger partial charge in [-0.2, -0.15) is 0 Å². The van der Waals surface area contributed by atoms with Crippen LogP contribution >= 0.6 is 0 Å². The zero-order valence-corrected chi connectivity index (χ0v) is 17.6. The molecule has 5 rings (SSSR count). The molecule has 0 saturated carbocycles. The number of benzene rings is 4. The van der Waals surface area contributed by atoms with Crippen molar-refractivity contribution >= 4 is 22.7 Å². The minimum atomic E-state index is 0.749. The molecule has 2 N–H and O–H groups in total. The van der Waals surface area contributed by atoms with Crippen LogP contribution in [-0.4, -0.2) is 4.98 Å². The van der Waals surface area contributed by atoms with E-state index in [9.17, 15) is 0 Å². The highest BCUT2D eigenvalue weighted by atomic mass is 15.1. The lowest BCUT2D eigenvalue weighted by Gasteiger charge is -2.26. The van der Waals surface area contributed by atoms with E-state index < -0.39 is 0 Å². The van der Waals surface area contributed by atoms with E-state index in [4.69, 9.17) is 5.73 Å². The van der Waals surface area contributed by atoms with E-state index in [0.717, 1.165) is 34.0 Å². The summed E-state index contributed by atoms with van der Waals surface area (Å²) in [5.41, 5.74) is 14.4. The molecule has 0 spiro atoms. The number of nitrogens with zero attached hydrogens (tertiary/aromatic N) is 2. The summed E-state index contributed by atoms with van der Waals surface area (Å²) in [6.45, 7) is 0. The van der Waals surface area contributed by atoms with E-state index in [2.05, 4.69) is 82.7 Å². The van der Waals surface area contributed by atoms with Crippen LogP contribution in [0.3, 0.4) is 0 Å². The van der Waals surface area contributed by atoms with Crippen LogP contribution in [0, 0.1) is 0 Å². The molecule has 4 aromatic carbocycles. The lowest BCUT2D eigenvalue weighted by atomic mass is 10.0. The second kappa shape index (κ2) is 8.78. The molecule has 0 aliphatic rings. The number of anilines is 4. The summed E-state index contributed by atoms with van der Waals surface area (Å²) in [6.07, 6.45) is 1.82. The summed E-state index contributed by atoms with van der Waals surface area (Å²) in [5.74, 6) is 0. The van der Waals surface area contributed by atoms with Gasteiger partial charge in [-0.15, -0.1) is 0 Å². The molecular weight excluding hydrogens is 390 g/mol. The van der Waals surface area contributed by atoms with Crippen molar-refractivity contribution in [3.63, 3.8) is 0 Å². The summed E-state index contributed by atoms with van der Waals surface area (Å²) in [5, 5.41) is 0. The van der Waals surface area contributed by atoms with E-state index in [1.54, 1.807) is 0 Å². The van der Waals surface area contributed by atoms with Crippen molar-refractivity contribution in [1.29, 1.82) is 0 Å². The highest BCUT2D eigenvalue weighted by molar-refractivity contribution is 5.79. The van der Waals surface area contributed by atoms with Gasteiger partial charge in [-0.1, -0.05) is 60.7 Å². The third-order valence-electron chi connectivity index (χ3n) is 5.47. The molecule has 0 radical (unpaired) electrons. The Morgan fingerprint density at radius 1 is 0.469 bits per heavy atom. The van der Waals surface area contributed by atoms with Crippen molar-refractivity contribution in [2.45, 2.75) is 0 Å². The first kappa shape index (κ1) is 19.6. The molecule has 0 aliphatic heterocycles. The summed E-state index contributed by atoms with van der Waals surface area (Å²) >= 11 is 0. The van der Waals surface area contributed by atoms with Gasteiger partial charge in [0.15, 0.2) is 0 Å². The Kier molecular flexibility index (Phi) is 5.38. The Morgan fingerprint density at radius 2 is 0.969 bits per heavy atom. The maximum atomic E-state index is 5.95. The van der Waals surface area contributed by atoms with Crippen LogP contribution in [0.4, 0.5) is 22.7 Å². The molecule has 1 aromatic heterocycles. The van der Waals surface area contributed by atoms with Gasteiger partial charge < -0.3 is 10.6 Å². The first-order chi connectivity index (χ1) is 15.8. The number of aromatic nitrogens is 1. The molecule has 5 aromatic rings. The minimum Gasteiger partial charge on any atom is -0.399 e. The number of pyridine rings is 1. The van der Waals surface area contributed by atoms with E-state index >= 15 is 0 Å². The standard InChI is InChI=1S/C29H23N3/c30-25-13-19-28(20-14-25)32(26-15-9-23(10-16-26)22-6-2-1-3-7-22)27-17-11-24(12-18-27)29-8-4-5-21-31-29/h1-21H,30H2. The van der Waals surface area contributed by atoms with E-state index in [1.807, 2.05) is 54.7 Å². The monoisotopic (exact) mass is 413 g/mol. The van der Waals surface area contributed by atoms with Crippen molar-refractivity contribution < 1.29 is 0 Å². The molecule has 3 nitrogen and oxygen atoms in total. The molecule has 1 heterocycles. The third kappa shape index (κ3) is 4.09. The summed E-state index contributed by atoms with van der Waals surface area (Å²) < 4.78 is 0. The average molecular weight is 414 g/mol. The van der Waals surface area contributed by atoms with Gasteiger partial charge >= 0.3 is 0 Å². The lowest BCUT2D eigenvalue weighted by Crippen LogP contribution is -2.10. The van der Waals surface area contributed by atoms with Gasteiger partial charge in [0.1, 0.15) is 0 Å². The Morgan fingerprint density at radius 3 is 1.53 bits per heavy atom. The predicted octanol–water partition coefficient (Wildman–Crippen LogP) is 7.47. The number of hydrogen-bond acceptors (Lipinski definition) is 3. The molecule has 32 heavy (non-hydrogen) atoms. The first-order valence-electron chi connectivity index (χ1n) is 10.6. The fraction of sp³-hybridized carbons (Fsp3) is 0. The molecule has 0 bridgehead atoms. The van der Waals surface area contributed by atoms with E-state index in [-0.39, 0.29) is 0 Å². The van der Waals surface area contributed by atoms with Gasteiger partial charge in [0, 0.05) is 34.5 Å². The van der Waals surface area contributed by atoms with Crippen molar-refractivity contribution in [2.24, 2.45) is 0 Å². The highest BCUT2D eigenvalue weighted by Gasteiger charge is 2.13. The van der Waals surface area contributed by atoms with Crippen LogP contribution < -0.4 is 10.6 Å². The summed E-state index contributed by atoms with van der Waals surface area (Å²) in [7, 11) is 0. The maximum absolute atomic E-state index is 5.95. The average Bonchev–Trinajstić information content (AvgIpc) is 2.87. The summed E-state index contributed by atoms with van der Waals surface area (Å²) in [4.78, 5) is 6.69. The van der Waals surface area contributed by atoms with E-state index in [0.29, 0.717) is 0 Å². The van der Waals surface area contributed by atoms with Gasteiger partial charge in [-0.05, 0) is 71.8 Å². The Labute approximate surface area is 188 Å². The SMILES string of the molecule is Nc1ccc(N(c2ccc(-c3ccccc3)cc2)c2ccc(-c3ccccn3)cc2)cc1. The van der Waals surface area contributed by atoms with Gasteiger partial charge in [0.05, 0.1) is 5.69 Å². The van der Waals surface area contributed by atoms with Crippen molar-refractivity contribution in [3.8, 4) is 22.4 Å². The molecule has 154 valence electrons. The van der Waals surface area contributed by atoms with Crippen LogP contribution in [0.15, 0.2) is 128 Å². The van der Waals surface area contributed by atoms with Crippen LogP contribution in [-0.2, 0) is 0 Å². The smallest absolute Gasteiger partial charge is 0.0701 e. The van der Waals surface area contributed by atoms with Crippen LogP contribution in [0.1, 0.15) is 0 Å². The zero-order chi connectivity index (χ0) is 21.8. The Hall–Kier alpha value is -4.37. The number of hydrogen-bond donors (Lipinski definition) is 1. The van der Waals surface area contributed by atoms with Crippen molar-refractivity contribution in [3.05, 3.63) is 128 Å². The van der Waals surface area contributed by atoms with Gasteiger partial charge in [-0.25, -0.2) is 0 Å². The minimum absolute atomic E-state index is 0.749. The van der Waals surface area contributed by atoms with Crippen LogP contribution in [0.5, 0.6) is 0 Å². The van der Waals surface area contributed by atoms with Gasteiger partial charge in [0.2, 0.25) is 0 Å². The highest BCUT2D eigenvalue weighted by Crippen LogP contribution is 2.36. The van der Waals surface area contributed by atoms with Crippen LogP contribution in [0.2, 0.25) is 0 Å². The van der Waals surface area contributed by atoms with Gasteiger partial charge in [0.25, 0.3) is 0 Å². The zero-order valence-electron chi connectivity index (χ0n) is 17.6. The largest absolute Gasteiger partial charge is 0.399 e. The Balaban J connectivity index is 1.53. The second-order valence-electron chi connectivity index (χ2n) is 7.60. The summed E-state index contributed by atoms with van der Waals surface area (Å²) in [6, 6.07) is 41.5. The molecule has 0 fully saturated rings. The normalized spacial score (nSPS) is 10.6. The quantitative estimate of drug-likeness (QED) is 0.304. The Bertz CT molecular complexity index is 1200. The third-order valence-corrected chi connectivity index (χ3v) is 5.47. The maximum Gasteiger partial charge on any atom is 0.0701 e. The molecule has 0 atom stereocenters. The predicted molar refractivity (Wildman–Crippen MR) is 134 cm³/mol. The van der Waals surface area contributed by atoms with Crippen molar-refractivity contribution in [1.82, 2.24) is 4.98 Å². The number of rotatable bonds is 5. The second-order valence-corrected chi connectivity index (χ2v) is 7.60. The molecule has 0 saturated heterocycles. The molecule has 0 amide bonds. The topological polar surface area (TPSA) is 42.1 Å². The molecule has 0 unspecified atom stereocenters. The van der Waals surface area contributed by atoms with E-state index in [1.165, 1.54) is 11.1 Å². The fourth-order valence-electron chi connectivity index (χ4n) is 3.82. The number of nitrogens with two attached hydrogens (primary N) is 1. The first-order valence-corrected chi connectivity index (χ1v) is 10.6. The molecular formula is C29H23N3. The number of nitrogen functional groups attached to an aromatic ring is 1. The van der Waals surface area contributed by atoms with Crippen LogP contribution in [0.25, 0.3) is 22.4 Å². The lowest BCUT2D eigenvalue weighted by molar-refractivity contribution is 1.28. The molecule has 0 aliphatic carbocycles. The molecule has 3 heteroatoms. The fourth-order valence-corrected chi connectivity index (χ4v) is 3.82. The van der Waals surface area contributed by atoms with Gasteiger partial charge in [-0.3, -0.25) is 4.98 Å². The van der Waals surface area contributed by atoms with Crippen molar-refractivity contribution in [2.75, 3.05) is 10.6 Å².